The van der Waals surface area contributed by atoms with Gasteiger partial charge in [0.05, 0.1) is 0 Å². The quantitative estimate of drug-likeness (QED) is 0.493. The van der Waals surface area contributed by atoms with Gasteiger partial charge in [0, 0.05) is 45.0 Å². The number of halogens is 1. The van der Waals surface area contributed by atoms with Crippen molar-refractivity contribution >= 4 is 29.9 Å². The minimum absolute atomic E-state index is 0. The predicted octanol–water partition coefficient (Wildman–Crippen LogP) is 1.24. The minimum atomic E-state index is 0. The van der Waals surface area contributed by atoms with E-state index in [0.717, 1.165) is 19.5 Å². The number of aromatic nitrogens is 2. The molecule has 0 unspecified atom stereocenters. The third-order valence-electron chi connectivity index (χ3n) is 2.65. The number of aliphatic imine (C=N–C) groups is 1. The van der Waals surface area contributed by atoms with E-state index in [9.17, 15) is 0 Å². The van der Waals surface area contributed by atoms with Crippen LogP contribution in [0.2, 0.25) is 0 Å². The first-order valence-electron chi connectivity index (χ1n) is 5.70. The molecular formula is C11H22IN5. The summed E-state index contributed by atoms with van der Waals surface area (Å²) in [5.41, 5.74) is 7.05. The smallest absolute Gasteiger partial charge is 0.191 e. The summed E-state index contributed by atoms with van der Waals surface area (Å²) >= 11 is 0. The molecule has 0 aliphatic heterocycles. The summed E-state index contributed by atoms with van der Waals surface area (Å²) in [6, 6.07) is 2.00. The molecule has 0 saturated carbocycles. The molecule has 1 heterocycles. The Morgan fingerprint density at radius 2 is 2.12 bits per heavy atom. The van der Waals surface area contributed by atoms with Gasteiger partial charge < -0.3 is 10.6 Å². The fourth-order valence-electron chi connectivity index (χ4n) is 1.58. The predicted molar refractivity (Wildman–Crippen MR) is 81.7 cm³/mol. The van der Waals surface area contributed by atoms with Crippen LogP contribution in [0.5, 0.6) is 0 Å². The van der Waals surface area contributed by atoms with Crippen LogP contribution < -0.4 is 5.73 Å². The Kier molecular flexibility index (Phi) is 7.94. The highest BCUT2D eigenvalue weighted by Gasteiger charge is 2.02. The van der Waals surface area contributed by atoms with Gasteiger partial charge in [0.15, 0.2) is 5.96 Å². The Labute approximate surface area is 120 Å². The van der Waals surface area contributed by atoms with Gasteiger partial charge in [-0.3, -0.25) is 9.67 Å². The average Bonchev–Trinajstić information content (AvgIpc) is 2.66. The van der Waals surface area contributed by atoms with Crippen molar-refractivity contribution in [2.24, 2.45) is 17.8 Å². The monoisotopic (exact) mass is 351 g/mol. The van der Waals surface area contributed by atoms with Gasteiger partial charge in [-0.2, -0.15) is 5.10 Å². The van der Waals surface area contributed by atoms with Gasteiger partial charge in [-0.05, 0) is 19.9 Å². The lowest BCUT2D eigenvalue weighted by Crippen LogP contribution is -2.37. The van der Waals surface area contributed by atoms with Crippen molar-refractivity contribution in [3.8, 4) is 0 Å². The lowest BCUT2D eigenvalue weighted by molar-refractivity contribution is 0.458. The molecule has 0 atom stereocenters. The summed E-state index contributed by atoms with van der Waals surface area (Å²) in [5.74, 6) is 0.632. The highest BCUT2D eigenvalue weighted by atomic mass is 127. The molecule has 1 aromatic heterocycles. The molecule has 0 radical (unpaired) electrons. The van der Waals surface area contributed by atoms with Crippen molar-refractivity contribution in [2.45, 2.75) is 20.3 Å². The zero-order chi connectivity index (χ0) is 12.0. The van der Waals surface area contributed by atoms with Gasteiger partial charge in [0.1, 0.15) is 0 Å². The summed E-state index contributed by atoms with van der Waals surface area (Å²) in [7, 11) is 1.94. The number of guanidine groups is 1. The third-order valence-corrected chi connectivity index (χ3v) is 2.65. The van der Waals surface area contributed by atoms with Crippen molar-refractivity contribution in [3.63, 3.8) is 0 Å². The van der Waals surface area contributed by atoms with Gasteiger partial charge in [-0.15, -0.1) is 24.0 Å². The second-order valence-corrected chi connectivity index (χ2v) is 3.61. The normalized spacial score (nSPS) is 11.1. The lowest BCUT2D eigenvalue weighted by Gasteiger charge is -2.19. The van der Waals surface area contributed by atoms with Crippen LogP contribution in [0.3, 0.4) is 0 Å². The van der Waals surface area contributed by atoms with E-state index in [1.807, 2.05) is 22.7 Å². The van der Waals surface area contributed by atoms with Crippen LogP contribution in [0.4, 0.5) is 0 Å². The molecule has 1 rings (SSSR count). The fourth-order valence-corrected chi connectivity index (χ4v) is 1.58. The van der Waals surface area contributed by atoms with Crippen LogP contribution in [-0.4, -0.2) is 40.3 Å². The molecule has 0 aliphatic rings. The van der Waals surface area contributed by atoms with Gasteiger partial charge in [0.25, 0.3) is 0 Å². The number of hydrogen-bond acceptors (Lipinski definition) is 2. The van der Waals surface area contributed by atoms with Crippen LogP contribution in [0.25, 0.3) is 0 Å². The first-order valence-corrected chi connectivity index (χ1v) is 5.70. The largest absolute Gasteiger partial charge is 0.370 e. The first-order chi connectivity index (χ1) is 7.69. The van der Waals surface area contributed by atoms with E-state index < -0.39 is 0 Å². The Balaban J connectivity index is 0.00000256. The van der Waals surface area contributed by atoms with Gasteiger partial charge in [-0.1, -0.05) is 0 Å². The van der Waals surface area contributed by atoms with Gasteiger partial charge in [0.2, 0.25) is 0 Å². The molecule has 17 heavy (non-hydrogen) atoms. The fraction of sp³-hybridized carbons (Fsp3) is 0.636. The summed E-state index contributed by atoms with van der Waals surface area (Å²) in [6.45, 7) is 6.66. The SMILES string of the molecule is CCN(CC)C(N)=NCCc1ccnn1C.I. The molecule has 0 spiro atoms. The Hall–Kier alpha value is -0.790. The Morgan fingerprint density at radius 3 is 2.59 bits per heavy atom. The molecule has 0 saturated heterocycles. The topological polar surface area (TPSA) is 59.4 Å². The van der Waals surface area contributed by atoms with E-state index in [-0.39, 0.29) is 24.0 Å². The summed E-state index contributed by atoms with van der Waals surface area (Å²) < 4.78 is 1.86. The van der Waals surface area contributed by atoms with Crippen molar-refractivity contribution in [1.29, 1.82) is 0 Å². The van der Waals surface area contributed by atoms with Gasteiger partial charge in [-0.25, -0.2) is 0 Å². The van der Waals surface area contributed by atoms with Crippen LogP contribution >= 0.6 is 24.0 Å². The van der Waals surface area contributed by atoms with Crippen LogP contribution in [-0.2, 0) is 13.5 Å². The number of nitrogens with zero attached hydrogens (tertiary/aromatic N) is 4. The van der Waals surface area contributed by atoms with Crippen molar-refractivity contribution < 1.29 is 0 Å². The number of rotatable bonds is 5. The molecule has 0 aliphatic carbocycles. The molecule has 0 fully saturated rings. The lowest BCUT2D eigenvalue weighted by atomic mass is 10.3. The molecule has 0 amide bonds. The van der Waals surface area contributed by atoms with E-state index >= 15 is 0 Å². The molecule has 0 aromatic carbocycles. The van der Waals surface area contributed by atoms with Gasteiger partial charge >= 0.3 is 0 Å². The second-order valence-electron chi connectivity index (χ2n) is 3.61. The maximum absolute atomic E-state index is 5.87. The Morgan fingerprint density at radius 1 is 1.47 bits per heavy atom. The van der Waals surface area contributed by atoms with E-state index in [0.29, 0.717) is 12.5 Å². The Bertz CT molecular complexity index is 343. The molecule has 6 heteroatoms. The number of nitrogens with two attached hydrogens (primary N) is 1. The average molecular weight is 351 g/mol. The van der Waals surface area contributed by atoms with E-state index in [2.05, 4.69) is 23.9 Å². The van der Waals surface area contributed by atoms with Crippen molar-refractivity contribution in [1.82, 2.24) is 14.7 Å². The zero-order valence-electron chi connectivity index (χ0n) is 10.8. The molecule has 98 valence electrons. The molecule has 2 N–H and O–H groups in total. The molecule has 1 aromatic rings. The minimum Gasteiger partial charge on any atom is -0.370 e. The highest BCUT2D eigenvalue weighted by Crippen LogP contribution is 1.98. The van der Waals surface area contributed by atoms with Crippen molar-refractivity contribution in [3.05, 3.63) is 18.0 Å². The molecular weight excluding hydrogens is 329 g/mol. The molecule has 0 bridgehead atoms. The number of aryl methyl sites for hydroxylation is 1. The van der Waals surface area contributed by atoms with E-state index in [4.69, 9.17) is 5.73 Å². The van der Waals surface area contributed by atoms with Crippen molar-refractivity contribution in [2.75, 3.05) is 19.6 Å². The number of hydrogen-bond donors (Lipinski definition) is 1. The summed E-state index contributed by atoms with van der Waals surface area (Å²) in [5, 5.41) is 4.11. The summed E-state index contributed by atoms with van der Waals surface area (Å²) in [6.07, 6.45) is 2.67. The van der Waals surface area contributed by atoms with E-state index in [1.165, 1.54) is 5.69 Å². The third kappa shape index (κ3) is 4.93. The maximum Gasteiger partial charge on any atom is 0.191 e. The second kappa shape index (κ2) is 8.32. The molecule has 5 nitrogen and oxygen atoms in total. The van der Waals surface area contributed by atoms with E-state index in [1.54, 1.807) is 6.20 Å². The first kappa shape index (κ1) is 16.2. The van der Waals surface area contributed by atoms with Crippen LogP contribution in [0, 0.1) is 0 Å². The standard InChI is InChI=1S/C11H21N5.HI/c1-4-16(5-2)11(12)13-8-6-10-7-9-14-15(10)3;/h7,9H,4-6,8H2,1-3H3,(H2,12,13);1H. The highest BCUT2D eigenvalue weighted by molar-refractivity contribution is 14.0. The zero-order valence-corrected chi connectivity index (χ0v) is 13.1. The summed E-state index contributed by atoms with van der Waals surface area (Å²) in [4.78, 5) is 6.41. The maximum atomic E-state index is 5.87. The van der Waals surface area contributed by atoms with Crippen LogP contribution in [0.15, 0.2) is 17.3 Å². The van der Waals surface area contributed by atoms with Crippen LogP contribution in [0.1, 0.15) is 19.5 Å².